The summed E-state index contributed by atoms with van der Waals surface area (Å²) in [5, 5.41) is 13.3. The lowest BCUT2D eigenvalue weighted by atomic mass is 10.0. The highest BCUT2D eigenvalue weighted by molar-refractivity contribution is 6.04. The molecular formula is C11H9N3O2. The van der Waals surface area contributed by atoms with Crippen LogP contribution >= 0.6 is 0 Å². The smallest absolute Gasteiger partial charge is 0.322 e. The van der Waals surface area contributed by atoms with Crippen LogP contribution < -0.4 is 10.6 Å². The fourth-order valence-corrected chi connectivity index (χ4v) is 1.55. The molecule has 1 unspecified atom stereocenters. The van der Waals surface area contributed by atoms with Crippen molar-refractivity contribution < 1.29 is 9.59 Å². The van der Waals surface area contributed by atoms with Crippen molar-refractivity contribution in [1.29, 1.82) is 5.26 Å². The molecule has 1 aromatic rings. The summed E-state index contributed by atoms with van der Waals surface area (Å²) in [6, 6.07) is 7.96. The molecule has 0 saturated carbocycles. The Morgan fingerprint density at radius 3 is 2.44 bits per heavy atom. The SMILES string of the molecule is N#Cc1ccc(CC2NC(=O)NC2=O)cc1. The maximum atomic E-state index is 11.3. The number of nitriles is 1. The molecule has 3 amide bonds. The average molecular weight is 215 g/mol. The van der Waals surface area contributed by atoms with Crippen molar-refractivity contribution in [2.45, 2.75) is 12.5 Å². The van der Waals surface area contributed by atoms with Gasteiger partial charge < -0.3 is 5.32 Å². The molecule has 16 heavy (non-hydrogen) atoms. The topological polar surface area (TPSA) is 82.0 Å². The largest absolute Gasteiger partial charge is 0.326 e. The number of hydrogen-bond donors (Lipinski definition) is 2. The first-order chi connectivity index (χ1) is 7.69. The maximum Gasteiger partial charge on any atom is 0.322 e. The number of urea groups is 1. The summed E-state index contributed by atoms with van der Waals surface area (Å²) in [5.41, 5.74) is 1.48. The van der Waals surface area contributed by atoms with E-state index in [4.69, 9.17) is 5.26 Å². The normalized spacial score (nSPS) is 18.8. The van der Waals surface area contributed by atoms with Crippen molar-refractivity contribution in [1.82, 2.24) is 10.6 Å². The van der Waals surface area contributed by atoms with E-state index in [1.54, 1.807) is 24.3 Å². The first-order valence-electron chi connectivity index (χ1n) is 4.79. The Morgan fingerprint density at radius 1 is 1.25 bits per heavy atom. The Hall–Kier alpha value is -2.35. The monoisotopic (exact) mass is 215 g/mol. The lowest BCUT2D eigenvalue weighted by Crippen LogP contribution is -2.31. The predicted molar refractivity (Wildman–Crippen MR) is 55.3 cm³/mol. The Balaban J connectivity index is 2.07. The van der Waals surface area contributed by atoms with Gasteiger partial charge in [0.2, 0.25) is 0 Å². The number of nitrogens with one attached hydrogen (secondary N) is 2. The molecule has 5 heteroatoms. The quantitative estimate of drug-likeness (QED) is 0.696. The van der Waals surface area contributed by atoms with Crippen LogP contribution in [0.4, 0.5) is 4.79 Å². The van der Waals surface area contributed by atoms with Crippen LogP contribution in [0.25, 0.3) is 0 Å². The molecule has 1 aromatic carbocycles. The van der Waals surface area contributed by atoms with E-state index >= 15 is 0 Å². The molecule has 1 saturated heterocycles. The molecule has 0 aliphatic carbocycles. The van der Waals surface area contributed by atoms with E-state index in [9.17, 15) is 9.59 Å². The third-order valence-electron chi connectivity index (χ3n) is 2.38. The summed E-state index contributed by atoms with van der Waals surface area (Å²) in [6.45, 7) is 0. The molecule has 80 valence electrons. The Labute approximate surface area is 92.1 Å². The molecule has 1 fully saturated rings. The fraction of sp³-hybridized carbons (Fsp3) is 0.182. The van der Waals surface area contributed by atoms with Crippen molar-refractivity contribution in [3.8, 4) is 6.07 Å². The van der Waals surface area contributed by atoms with Crippen LogP contribution in [0.3, 0.4) is 0 Å². The van der Waals surface area contributed by atoms with Crippen LogP contribution in [0.2, 0.25) is 0 Å². The van der Waals surface area contributed by atoms with E-state index in [0.29, 0.717) is 12.0 Å². The highest BCUT2D eigenvalue weighted by atomic mass is 16.2. The van der Waals surface area contributed by atoms with Crippen molar-refractivity contribution in [2.24, 2.45) is 0 Å². The zero-order valence-corrected chi connectivity index (χ0v) is 8.36. The van der Waals surface area contributed by atoms with Crippen molar-refractivity contribution in [3.05, 3.63) is 35.4 Å². The molecule has 1 aliphatic rings. The number of amides is 3. The van der Waals surface area contributed by atoms with Gasteiger partial charge in [0.05, 0.1) is 11.6 Å². The molecule has 2 rings (SSSR count). The second-order valence-corrected chi connectivity index (χ2v) is 3.53. The van der Waals surface area contributed by atoms with Gasteiger partial charge in [-0.15, -0.1) is 0 Å². The van der Waals surface area contributed by atoms with Gasteiger partial charge in [-0.25, -0.2) is 4.79 Å². The molecule has 1 aliphatic heterocycles. The van der Waals surface area contributed by atoms with Crippen LogP contribution in [0.15, 0.2) is 24.3 Å². The minimum absolute atomic E-state index is 0.311. The van der Waals surface area contributed by atoms with Crippen LogP contribution in [-0.4, -0.2) is 18.0 Å². The summed E-state index contributed by atoms with van der Waals surface area (Å²) in [4.78, 5) is 22.1. The van der Waals surface area contributed by atoms with Crippen LogP contribution in [-0.2, 0) is 11.2 Å². The third-order valence-corrected chi connectivity index (χ3v) is 2.38. The van der Waals surface area contributed by atoms with Crippen molar-refractivity contribution >= 4 is 11.9 Å². The summed E-state index contributed by atoms with van der Waals surface area (Å²) < 4.78 is 0. The number of carbonyl (C=O) groups is 2. The molecule has 0 aromatic heterocycles. The van der Waals surface area contributed by atoms with E-state index in [1.165, 1.54) is 0 Å². The minimum atomic E-state index is -0.513. The van der Waals surface area contributed by atoms with Gasteiger partial charge in [-0.3, -0.25) is 10.1 Å². The van der Waals surface area contributed by atoms with Gasteiger partial charge in [-0.1, -0.05) is 12.1 Å². The van der Waals surface area contributed by atoms with Crippen molar-refractivity contribution in [3.63, 3.8) is 0 Å². The number of rotatable bonds is 2. The van der Waals surface area contributed by atoms with E-state index in [1.807, 2.05) is 6.07 Å². The molecule has 1 heterocycles. The van der Waals surface area contributed by atoms with E-state index < -0.39 is 12.1 Å². The van der Waals surface area contributed by atoms with Crippen LogP contribution in [0, 0.1) is 11.3 Å². The van der Waals surface area contributed by atoms with Gasteiger partial charge in [-0.2, -0.15) is 5.26 Å². The van der Waals surface area contributed by atoms with Gasteiger partial charge in [0, 0.05) is 6.42 Å². The van der Waals surface area contributed by atoms with Crippen LogP contribution in [0.1, 0.15) is 11.1 Å². The van der Waals surface area contributed by atoms with Crippen LogP contribution in [0.5, 0.6) is 0 Å². The Morgan fingerprint density at radius 2 is 1.94 bits per heavy atom. The molecule has 2 N–H and O–H groups in total. The third kappa shape index (κ3) is 2.01. The molecular weight excluding hydrogens is 206 g/mol. The summed E-state index contributed by atoms with van der Waals surface area (Å²) in [7, 11) is 0. The average Bonchev–Trinajstić information content (AvgIpc) is 2.59. The van der Waals surface area contributed by atoms with Gasteiger partial charge in [0.25, 0.3) is 5.91 Å². The Bertz CT molecular complexity index is 473. The number of benzene rings is 1. The molecule has 1 atom stereocenters. The van der Waals surface area contributed by atoms with Gasteiger partial charge in [-0.05, 0) is 17.7 Å². The number of hydrogen-bond acceptors (Lipinski definition) is 3. The summed E-state index contributed by atoms with van der Waals surface area (Å²) >= 11 is 0. The van der Waals surface area contributed by atoms with E-state index in [0.717, 1.165) is 5.56 Å². The summed E-state index contributed by atoms with van der Waals surface area (Å²) in [6.07, 6.45) is 0.434. The molecule has 0 radical (unpaired) electrons. The molecule has 5 nitrogen and oxygen atoms in total. The zero-order chi connectivity index (χ0) is 11.5. The minimum Gasteiger partial charge on any atom is -0.326 e. The lowest BCUT2D eigenvalue weighted by molar-refractivity contribution is -0.120. The van der Waals surface area contributed by atoms with E-state index in [2.05, 4.69) is 10.6 Å². The fourth-order valence-electron chi connectivity index (χ4n) is 1.55. The number of imide groups is 1. The van der Waals surface area contributed by atoms with Gasteiger partial charge >= 0.3 is 6.03 Å². The van der Waals surface area contributed by atoms with Crippen molar-refractivity contribution in [2.75, 3.05) is 0 Å². The van der Waals surface area contributed by atoms with Gasteiger partial charge in [0.15, 0.2) is 0 Å². The maximum absolute atomic E-state index is 11.3. The molecule has 0 spiro atoms. The van der Waals surface area contributed by atoms with E-state index in [-0.39, 0.29) is 5.91 Å². The lowest BCUT2D eigenvalue weighted by Gasteiger charge is -2.06. The standard InChI is InChI=1S/C11H9N3O2/c12-6-8-3-1-7(2-4-8)5-9-10(15)14-11(16)13-9/h1-4,9H,5H2,(H2,13,14,15,16). The Kier molecular flexibility index (Phi) is 2.56. The predicted octanol–water partition coefficient (Wildman–Crippen LogP) is 0.309. The first-order valence-corrected chi connectivity index (χ1v) is 4.79. The second kappa shape index (κ2) is 4.03. The highest BCUT2D eigenvalue weighted by Gasteiger charge is 2.29. The summed E-state index contributed by atoms with van der Waals surface area (Å²) in [5.74, 6) is -0.311. The first kappa shape index (κ1) is 10.2. The number of nitrogens with zero attached hydrogens (tertiary/aromatic N) is 1. The zero-order valence-electron chi connectivity index (χ0n) is 8.36. The molecule has 0 bridgehead atoms. The van der Waals surface area contributed by atoms with Gasteiger partial charge in [0.1, 0.15) is 6.04 Å². The highest BCUT2D eigenvalue weighted by Crippen LogP contribution is 2.08. The number of carbonyl (C=O) groups excluding carboxylic acids is 2. The second-order valence-electron chi connectivity index (χ2n) is 3.53.